The third kappa shape index (κ3) is 2.22. The molecular formula is C9H10N4O2. The van der Waals surface area contributed by atoms with E-state index >= 15 is 0 Å². The fourth-order valence-corrected chi connectivity index (χ4v) is 1.15. The lowest BCUT2D eigenvalue weighted by atomic mass is 10.3. The summed E-state index contributed by atoms with van der Waals surface area (Å²) in [5, 5.41) is 6.44. The minimum atomic E-state index is -0.215. The van der Waals surface area contributed by atoms with Gasteiger partial charge in [-0.25, -0.2) is 4.98 Å². The molecule has 0 unspecified atom stereocenters. The summed E-state index contributed by atoms with van der Waals surface area (Å²) in [6, 6.07) is 1.77. The van der Waals surface area contributed by atoms with Crippen molar-refractivity contribution in [2.24, 2.45) is 0 Å². The number of H-pyrrole nitrogens is 1. The Morgan fingerprint density at radius 2 is 2.53 bits per heavy atom. The summed E-state index contributed by atoms with van der Waals surface area (Å²) in [4.78, 5) is 17.9. The molecule has 0 aromatic carbocycles. The molecule has 1 amide bonds. The molecule has 0 fully saturated rings. The van der Waals surface area contributed by atoms with Crippen LogP contribution in [0.5, 0.6) is 0 Å². The SMILES string of the molecule is Cc1cc(CNC(=O)c2cnc[nH]2)no1. The zero-order chi connectivity index (χ0) is 10.7. The number of nitrogens with one attached hydrogen (secondary N) is 2. The van der Waals surface area contributed by atoms with E-state index in [1.54, 1.807) is 13.0 Å². The fraction of sp³-hybridized carbons (Fsp3) is 0.222. The van der Waals surface area contributed by atoms with Crippen molar-refractivity contribution in [1.82, 2.24) is 20.4 Å². The first kappa shape index (κ1) is 9.45. The normalized spacial score (nSPS) is 10.2. The topological polar surface area (TPSA) is 83.8 Å². The molecule has 0 spiro atoms. The van der Waals surface area contributed by atoms with Gasteiger partial charge in [0.25, 0.3) is 5.91 Å². The minimum Gasteiger partial charge on any atom is -0.361 e. The van der Waals surface area contributed by atoms with Crippen LogP contribution in [0.25, 0.3) is 0 Å². The predicted molar refractivity (Wildman–Crippen MR) is 51.0 cm³/mol. The molecule has 2 aromatic rings. The number of aromatic amines is 1. The highest BCUT2D eigenvalue weighted by Gasteiger charge is 2.07. The van der Waals surface area contributed by atoms with Crippen LogP contribution in [0.2, 0.25) is 0 Å². The molecule has 0 saturated heterocycles. The van der Waals surface area contributed by atoms with Crippen molar-refractivity contribution < 1.29 is 9.32 Å². The van der Waals surface area contributed by atoms with Crippen LogP contribution in [-0.4, -0.2) is 21.0 Å². The maximum atomic E-state index is 11.4. The highest BCUT2D eigenvalue weighted by Crippen LogP contribution is 2.01. The molecule has 0 bridgehead atoms. The van der Waals surface area contributed by atoms with Crippen LogP contribution in [0, 0.1) is 6.92 Å². The molecule has 78 valence electrons. The molecule has 15 heavy (non-hydrogen) atoms. The van der Waals surface area contributed by atoms with E-state index in [2.05, 4.69) is 20.4 Å². The first-order chi connectivity index (χ1) is 7.25. The number of carbonyl (C=O) groups is 1. The molecule has 0 radical (unpaired) electrons. The number of amides is 1. The molecule has 2 aromatic heterocycles. The molecule has 6 nitrogen and oxygen atoms in total. The molecule has 0 saturated carbocycles. The summed E-state index contributed by atoms with van der Waals surface area (Å²) in [5.41, 5.74) is 1.12. The number of hydrogen-bond acceptors (Lipinski definition) is 4. The number of nitrogens with zero attached hydrogens (tertiary/aromatic N) is 2. The molecule has 0 aliphatic carbocycles. The van der Waals surface area contributed by atoms with Crippen molar-refractivity contribution >= 4 is 5.91 Å². The second-order valence-corrected chi connectivity index (χ2v) is 3.08. The van der Waals surface area contributed by atoms with Gasteiger partial charge in [0.05, 0.1) is 19.1 Å². The van der Waals surface area contributed by atoms with E-state index in [0.29, 0.717) is 17.9 Å². The van der Waals surface area contributed by atoms with Crippen LogP contribution >= 0.6 is 0 Å². The summed E-state index contributed by atoms with van der Waals surface area (Å²) in [7, 11) is 0. The van der Waals surface area contributed by atoms with E-state index in [0.717, 1.165) is 5.76 Å². The second-order valence-electron chi connectivity index (χ2n) is 3.08. The van der Waals surface area contributed by atoms with Gasteiger partial charge in [-0.1, -0.05) is 5.16 Å². The third-order valence-corrected chi connectivity index (χ3v) is 1.85. The Bertz CT molecular complexity index is 446. The van der Waals surface area contributed by atoms with Gasteiger partial charge >= 0.3 is 0 Å². The average Bonchev–Trinajstić information content (AvgIpc) is 2.84. The van der Waals surface area contributed by atoms with Gasteiger partial charge in [-0.3, -0.25) is 4.79 Å². The maximum absolute atomic E-state index is 11.4. The first-order valence-electron chi connectivity index (χ1n) is 4.44. The van der Waals surface area contributed by atoms with Crippen LogP contribution in [0.4, 0.5) is 0 Å². The van der Waals surface area contributed by atoms with Crippen LogP contribution in [0.3, 0.4) is 0 Å². The lowest BCUT2D eigenvalue weighted by Gasteiger charge is -1.98. The van der Waals surface area contributed by atoms with Gasteiger partial charge < -0.3 is 14.8 Å². The number of carbonyl (C=O) groups excluding carboxylic acids is 1. The van der Waals surface area contributed by atoms with Gasteiger partial charge in [0, 0.05) is 6.07 Å². The van der Waals surface area contributed by atoms with Gasteiger partial charge in [-0.05, 0) is 6.92 Å². The Morgan fingerprint density at radius 1 is 1.67 bits per heavy atom. The van der Waals surface area contributed by atoms with Crippen molar-refractivity contribution in [2.75, 3.05) is 0 Å². The average molecular weight is 206 g/mol. The van der Waals surface area contributed by atoms with Crippen LogP contribution < -0.4 is 5.32 Å². The Kier molecular flexibility index (Phi) is 2.49. The number of imidazole rings is 1. The number of hydrogen-bond donors (Lipinski definition) is 2. The molecule has 0 aliphatic heterocycles. The van der Waals surface area contributed by atoms with Gasteiger partial charge in [-0.15, -0.1) is 0 Å². The highest BCUT2D eigenvalue weighted by molar-refractivity contribution is 5.91. The molecular weight excluding hydrogens is 196 g/mol. The third-order valence-electron chi connectivity index (χ3n) is 1.85. The summed E-state index contributed by atoms with van der Waals surface area (Å²) in [5.74, 6) is 0.508. The highest BCUT2D eigenvalue weighted by atomic mass is 16.5. The number of aryl methyl sites for hydroxylation is 1. The number of aromatic nitrogens is 3. The van der Waals surface area contributed by atoms with Gasteiger partial charge in [0.2, 0.25) is 0 Å². The molecule has 2 rings (SSSR count). The largest absolute Gasteiger partial charge is 0.361 e. The van der Waals surface area contributed by atoms with Crippen LogP contribution in [0.15, 0.2) is 23.1 Å². The lowest BCUT2D eigenvalue weighted by Crippen LogP contribution is -2.23. The van der Waals surface area contributed by atoms with E-state index in [1.165, 1.54) is 12.5 Å². The monoisotopic (exact) mass is 206 g/mol. The van der Waals surface area contributed by atoms with E-state index in [9.17, 15) is 4.79 Å². The lowest BCUT2D eigenvalue weighted by molar-refractivity contribution is 0.0945. The molecule has 0 aliphatic rings. The van der Waals surface area contributed by atoms with E-state index in [4.69, 9.17) is 4.52 Å². The molecule has 6 heteroatoms. The summed E-state index contributed by atoms with van der Waals surface area (Å²) in [6.07, 6.45) is 2.92. The van der Waals surface area contributed by atoms with Crippen LogP contribution in [0.1, 0.15) is 21.9 Å². The first-order valence-corrected chi connectivity index (χ1v) is 4.44. The minimum absolute atomic E-state index is 0.215. The molecule has 2 N–H and O–H groups in total. The van der Waals surface area contributed by atoms with Crippen molar-refractivity contribution in [3.63, 3.8) is 0 Å². The second kappa shape index (κ2) is 3.95. The van der Waals surface area contributed by atoms with Crippen molar-refractivity contribution in [2.45, 2.75) is 13.5 Å². The van der Waals surface area contributed by atoms with Crippen LogP contribution in [-0.2, 0) is 6.54 Å². The maximum Gasteiger partial charge on any atom is 0.269 e. The zero-order valence-electron chi connectivity index (χ0n) is 8.15. The van der Waals surface area contributed by atoms with E-state index < -0.39 is 0 Å². The molecule has 0 atom stereocenters. The zero-order valence-corrected chi connectivity index (χ0v) is 8.15. The summed E-state index contributed by atoms with van der Waals surface area (Å²) in [6.45, 7) is 2.14. The Morgan fingerprint density at radius 3 is 3.13 bits per heavy atom. The smallest absolute Gasteiger partial charge is 0.269 e. The van der Waals surface area contributed by atoms with Crippen molar-refractivity contribution in [3.8, 4) is 0 Å². The van der Waals surface area contributed by atoms with Crippen molar-refractivity contribution in [1.29, 1.82) is 0 Å². The van der Waals surface area contributed by atoms with E-state index in [-0.39, 0.29) is 5.91 Å². The quantitative estimate of drug-likeness (QED) is 0.771. The Labute approximate surface area is 85.7 Å². The Hall–Kier alpha value is -2.11. The predicted octanol–water partition coefficient (Wildman–Crippen LogP) is 0.636. The Balaban J connectivity index is 1.91. The summed E-state index contributed by atoms with van der Waals surface area (Å²) >= 11 is 0. The molecule has 2 heterocycles. The van der Waals surface area contributed by atoms with Gasteiger partial charge in [0.15, 0.2) is 0 Å². The summed E-state index contributed by atoms with van der Waals surface area (Å²) < 4.78 is 4.87. The van der Waals surface area contributed by atoms with Gasteiger partial charge in [-0.2, -0.15) is 0 Å². The van der Waals surface area contributed by atoms with Crippen molar-refractivity contribution in [3.05, 3.63) is 35.7 Å². The fourth-order valence-electron chi connectivity index (χ4n) is 1.15. The van der Waals surface area contributed by atoms with Gasteiger partial charge in [0.1, 0.15) is 17.1 Å². The number of rotatable bonds is 3. The van der Waals surface area contributed by atoms with E-state index in [1.807, 2.05) is 0 Å². The standard InChI is InChI=1S/C9H10N4O2/c1-6-2-7(13-15-6)3-11-9(14)8-4-10-5-12-8/h2,4-5H,3H2,1H3,(H,10,12)(H,11,14).